The van der Waals surface area contributed by atoms with Crippen LogP contribution in [-0.2, 0) is 4.79 Å². The van der Waals surface area contributed by atoms with Gasteiger partial charge in [0.1, 0.15) is 12.7 Å². The van der Waals surface area contributed by atoms with Gasteiger partial charge in [-0.2, -0.15) is 5.10 Å². The molecule has 0 spiro atoms. The highest BCUT2D eigenvalue weighted by Gasteiger charge is 2.42. The molecule has 0 aliphatic carbocycles. The largest absolute Gasteiger partial charge is 0.339 e. The van der Waals surface area contributed by atoms with Crippen LogP contribution in [0.2, 0.25) is 0 Å². The number of carbonyl (C=O) groups is 3. The van der Waals surface area contributed by atoms with Gasteiger partial charge in [-0.15, -0.1) is 12.4 Å². The SMILES string of the molecule is CN(C)C1CCN(C(=O)/C=C2/c3ccccc3N(C(=O)c3ccc(NC(=O)c4ccccc4-n4cncn4)cc3)CCC2(F)F)CC1.Cl. The third kappa shape index (κ3) is 7.14. The van der Waals surface area contributed by atoms with Crippen molar-refractivity contribution in [1.29, 1.82) is 0 Å². The first-order chi connectivity index (χ1) is 22.6. The molecule has 3 heterocycles. The number of benzene rings is 3. The first-order valence-corrected chi connectivity index (χ1v) is 15.4. The van der Waals surface area contributed by atoms with E-state index in [9.17, 15) is 14.4 Å². The number of piperidine rings is 1. The number of rotatable bonds is 6. The average molecular weight is 676 g/mol. The number of halogens is 3. The molecule has 1 N–H and O–H groups in total. The van der Waals surface area contributed by atoms with Crippen LogP contribution >= 0.6 is 12.4 Å². The predicted octanol–water partition coefficient (Wildman–Crippen LogP) is 5.56. The smallest absolute Gasteiger partial charge is 0.275 e. The molecule has 0 radical (unpaired) electrons. The summed E-state index contributed by atoms with van der Waals surface area (Å²) in [6, 6.07) is 20.0. The summed E-state index contributed by atoms with van der Waals surface area (Å²) >= 11 is 0. The van der Waals surface area contributed by atoms with Crippen molar-refractivity contribution >= 4 is 47.1 Å². The molecule has 3 amide bonds. The molecular formula is C35H36ClF2N7O3. The van der Waals surface area contributed by atoms with Gasteiger partial charge in [0.25, 0.3) is 17.7 Å². The van der Waals surface area contributed by atoms with Crippen LogP contribution in [0.1, 0.15) is 45.5 Å². The summed E-state index contributed by atoms with van der Waals surface area (Å²) in [7, 11) is 3.99. The second-order valence-electron chi connectivity index (χ2n) is 11.9. The number of fused-ring (bicyclic) bond motifs is 1. The number of anilines is 2. The number of hydrogen-bond donors (Lipinski definition) is 1. The quantitative estimate of drug-likeness (QED) is 0.269. The molecule has 0 atom stereocenters. The molecule has 1 saturated heterocycles. The van der Waals surface area contributed by atoms with Crippen LogP contribution in [0.4, 0.5) is 20.2 Å². The van der Waals surface area contributed by atoms with Crippen LogP contribution in [0.15, 0.2) is 91.5 Å². The first-order valence-electron chi connectivity index (χ1n) is 15.4. The molecule has 48 heavy (non-hydrogen) atoms. The number of allylic oxidation sites excluding steroid dienone is 1. The number of carbonyl (C=O) groups excluding carboxylic acids is 3. The maximum Gasteiger partial charge on any atom is 0.275 e. The lowest BCUT2D eigenvalue weighted by Crippen LogP contribution is -2.44. The minimum atomic E-state index is -3.33. The number of nitrogens with zero attached hydrogens (tertiary/aromatic N) is 6. The van der Waals surface area contributed by atoms with E-state index in [1.54, 1.807) is 71.6 Å². The molecule has 3 aromatic carbocycles. The minimum Gasteiger partial charge on any atom is -0.339 e. The standard InChI is InChI=1S/C35H35F2N7O3.ClH/c1-41(2)26-15-18-42(19-16-26)32(45)21-29-27-7-3-5-9-30(27)43(20-17-35(29,36)37)34(47)24-11-13-25(14-12-24)40-33(46)28-8-4-6-10-31(28)44-23-38-22-39-44;/h3-14,21-23,26H,15-20H2,1-2H3,(H,40,46);1H/b29-21-;. The summed E-state index contributed by atoms with van der Waals surface area (Å²) < 4.78 is 33.0. The Hall–Kier alpha value is -4.94. The molecular weight excluding hydrogens is 640 g/mol. The molecule has 4 aromatic rings. The van der Waals surface area contributed by atoms with E-state index in [2.05, 4.69) is 20.3 Å². The van der Waals surface area contributed by atoms with Crippen LogP contribution in [0.3, 0.4) is 0 Å². The van der Waals surface area contributed by atoms with Crippen molar-refractivity contribution < 1.29 is 23.2 Å². The van der Waals surface area contributed by atoms with Gasteiger partial charge < -0.3 is 20.0 Å². The van der Waals surface area contributed by atoms with Crippen LogP contribution in [0.5, 0.6) is 0 Å². The third-order valence-electron chi connectivity index (χ3n) is 8.75. The number of nitrogens with one attached hydrogen (secondary N) is 1. The van der Waals surface area contributed by atoms with Crippen LogP contribution in [0.25, 0.3) is 11.3 Å². The van der Waals surface area contributed by atoms with Gasteiger partial charge >= 0.3 is 0 Å². The molecule has 2 aliphatic rings. The van der Waals surface area contributed by atoms with E-state index in [0.29, 0.717) is 41.8 Å². The summed E-state index contributed by atoms with van der Waals surface area (Å²) in [5.74, 6) is -4.64. The summed E-state index contributed by atoms with van der Waals surface area (Å²) in [6.07, 6.45) is 4.83. The van der Waals surface area contributed by atoms with E-state index in [1.807, 2.05) is 14.1 Å². The van der Waals surface area contributed by atoms with E-state index in [4.69, 9.17) is 0 Å². The number of aromatic nitrogens is 3. The zero-order valence-electron chi connectivity index (χ0n) is 26.6. The summed E-state index contributed by atoms with van der Waals surface area (Å²) in [5, 5.41) is 6.94. The zero-order valence-corrected chi connectivity index (χ0v) is 27.4. The van der Waals surface area contributed by atoms with E-state index < -0.39 is 24.2 Å². The van der Waals surface area contributed by atoms with E-state index in [1.165, 1.54) is 28.3 Å². The average Bonchev–Trinajstić information content (AvgIpc) is 3.59. The van der Waals surface area contributed by atoms with Crippen LogP contribution in [0, 0.1) is 0 Å². The van der Waals surface area contributed by atoms with Crippen molar-refractivity contribution in [3.05, 3.63) is 108 Å². The Balaban J connectivity index is 0.00000451. The Morgan fingerprint density at radius 1 is 0.917 bits per heavy atom. The fourth-order valence-corrected chi connectivity index (χ4v) is 6.10. The van der Waals surface area contributed by atoms with Gasteiger partial charge in [0.15, 0.2) is 0 Å². The van der Waals surface area contributed by atoms with Gasteiger partial charge in [0.2, 0.25) is 5.91 Å². The molecule has 10 nitrogen and oxygen atoms in total. The highest BCUT2D eigenvalue weighted by Crippen LogP contribution is 2.43. The number of likely N-dealkylation sites (tertiary alicyclic amines) is 1. The van der Waals surface area contributed by atoms with Gasteiger partial charge in [-0.05, 0) is 69.4 Å². The number of amides is 3. The van der Waals surface area contributed by atoms with Gasteiger partial charge in [-0.3, -0.25) is 14.4 Å². The second kappa shape index (κ2) is 14.4. The lowest BCUT2D eigenvalue weighted by atomic mass is 9.96. The van der Waals surface area contributed by atoms with Gasteiger partial charge in [-0.25, -0.2) is 18.4 Å². The monoisotopic (exact) mass is 675 g/mol. The minimum absolute atomic E-state index is 0. The van der Waals surface area contributed by atoms with Crippen molar-refractivity contribution in [3.8, 4) is 5.69 Å². The Kier molecular flexibility index (Phi) is 10.4. The molecule has 0 bridgehead atoms. The fourth-order valence-electron chi connectivity index (χ4n) is 6.10. The first kappa shape index (κ1) is 34.4. The summed E-state index contributed by atoms with van der Waals surface area (Å²) in [5.41, 5.74) is 1.71. The molecule has 13 heteroatoms. The number of para-hydroxylation sites is 2. The number of hydrogen-bond acceptors (Lipinski definition) is 6. The normalized spacial score (nSPS) is 17.0. The zero-order chi connectivity index (χ0) is 33.1. The Morgan fingerprint density at radius 2 is 1.58 bits per heavy atom. The highest BCUT2D eigenvalue weighted by atomic mass is 35.5. The second-order valence-corrected chi connectivity index (χ2v) is 11.9. The lowest BCUT2D eigenvalue weighted by Gasteiger charge is -2.35. The molecule has 1 fully saturated rings. The van der Waals surface area contributed by atoms with Crippen LogP contribution in [-0.4, -0.2) is 88.0 Å². The van der Waals surface area contributed by atoms with E-state index in [-0.39, 0.29) is 41.6 Å². The van der Waals surface area contributed by atoms with Crippen molar-refractivity contribution in [2.45, 2.75) is 31.2 Å². The lowest BCUT2D eigenvalue weighted by molar-refractivity contribution is -0.127. The Morgan fingerprint density at radius 3 is 2.25 bits per heavy atom. The van der Waals surface area contributed by atoms with Gasteiger partial charge in [0.05, 0.1) is 16.9 Å². The predicted molar refractivity (Wildman–Crippen MR) is 182 cm³/mol. The summed E-state index contributed by atoms with van der Waals surface area (Å²) in [6.45, 7) is 0.738. The maximum atomic E-state index is 15.7. The van der Waals surface area contributed by atoms with Gasteiger partial charge in [-0.1, -0.05) is 30.3 Å². The fraction of sp³-hybridized carbons (Fsp3) is 0.286. The molecule has 2 aliphatic heterocycles. The van der Waals surface area contributed by atoms with Crippen molar-refractivity contribution in [3.63, 3.8) is 0 Å². The van der Waals surface area contributed by atoms with Crippen molar-refractivity contribution in [2.24, 2.45) is 0 Å². The van der Waals surface area contributed by atoms with Crippen molar-refractivity contribution in [2.75, 3.05) is 43.9 Å². The molecule has 6 rings (SSSR count). The molecule has 0 saturated carbocycles. The molecule has 0 unspecified atom stereocenters. The van der Waals surface area contributed by atoms with Crippen molar-refractivity contribution in [1.82, 2.24) is 24.6 Å². The topological polar surface area (TPSA) is 104 Å². The molecule has 250 valence electrons. The van der Waals surface area contributed by atoms with Crippen LogP contribution < -0.4 is 10.2 Å². The highest BCUT2D eigenvalue weighted by molar-refractivity contribution is 6.10. The van der Waals surface area contributed by atoms with E-state index in [0.717, 1.165) is 18.9 Å². The Labute approximate surface area is 283 Å². The number of alkyl halides is 2. The maximum absolute atomic E-state index is 15.7. The molecule has 1 aromatic heterocycles. The van der Waals surface area contributed by atoms with E-state index >= 15 is 8.78 Å². The summed E-state index contributed by atoms with van der Waals surface area (Å²) in [4.78, 5) is 49.2. The Bertz CT molecular complexity index is 1800. The third-order valence-corrected chi connectivity index (χ3v) is 8.75. The van der Waals surface area contributed by atoms with Gasteiger partial charge in [0, 0.05) is 60.6 Å².